The molecule has 3 N–H and O–H groups in total. The minimum Gasteiger partial charge on any atom is -0.389 e. The van der Waals surface area contributed by atoms with E-state index in [0.29, 0.717) is 27.8 Å². The maximum atomic E-state index is 12.1. The van der Waals surface area contributed by atoms with Crippen LogP contribution in [0, 0.1) is 0 Å². The van der Waals surface area contributed by atoms with Crippen molar-refractivity contribution in [3.8, 4) is 0 Å². The lowest BCUT2D eigenvalue weighted by atomic mass is 10.2. The molecule has 0 aliphatic carbocycles. The van der Waals surface area contributed by atoms with Crippen molar-refractivity contribution in [3.05, 3.63) is 52.1 Å². The quantitative estimate of drug-likeness (QED) is 0.733. The molecule has 6 nitrogen and oxygen atoms in total. The van der Waals surface area contributed by atoms with E-state index in [4.69, 9.17) is 33.1 Å². The van der Waals surface area contributed by atoms with Gasteiger partial charge in [0.25, 0.3) is 5.91 Å². The third-order valence-electron chi connectivity index (χ3n) is 2.54. The van der Waals surface area contributed by atoms with Gasteiger partial charge < -0.3 is 20.5 Å². The summed E-state index contributed by atoms with van der Waals surface area (Å²) in [6, 6.07) is 8.32. The van der Waals surface area contributed by atoms with Gasteiger partial charge in [0.2, 0.25) is 0 Å². The summed E-state index contributed by atoms with van der Waals surface area (Å²) in [5.74, 6) is 0.298. The Morgan fingerprint density at radius 1 is 1.30 bits per heavy atom. The van der Waals surface area contributed by atoms with Gasteiger partial charge in [0.1, 0.15) is 12.1 Å². The van der Waals surface area contributed by atoms with Crippen LogP contribution >= 0.6 is 23.2 Å². The minimum absolute atomic E-state index is 0.258. The minimum atomic E-state index is -0.361. The number of rotatable bonds is 4. The second kappa shape index (κ2) is 9.78. The van der Waals surface area contributed by atoms with Crippen LogP contribution in [0.1, 0.15) is 10.4 Å². The lowest BCUT2D eigenvalue weighted by Gasteiger charge is -2.09. The molecule has 1 aromatic carbocycles. The van der Waals surface area contributed by atoms with E-state index in [1.807, 2.05) is 0 Å². The zero-order valence-corrected chi connectivity index (χ0v) is 13.7. The van der Waals surface area contributed by atoms with Crippen LogP contribution < -0.4 is 10.6 Å². The molecule has 1 amide bonds. The molecule has 0 unspecified atom stereocenters. The Bertz CT molecular complexity index is 661. The Labute approximate surface area is 143 Å². The molecule has 0 atom stereocenters. The summed E-state index contributed by atoms with van der Waals surface area (Å²) in [6.07, 6.45) is 2.02. The number of aromatic nitrogens is 1. The highest BCUT2D eigenvalue weighted by Gasteiger charge is 2.14. The summed E-state index contributed by atoms with van der Waals surface area (Å²) in [6.45, 7) is -0.361. The van der Waals surface area contributed by atoms with E-state index < -0.39 is 0 Å². The molecule has 0 aliphatic rings. The van der Waals surface area contributed by atoms with Crippen LogP contribution in [0.5, 0.6) is 0 Å². The number of nitrogens with zero attached hydrogens (tertiary/aromatic N) is 1. The fourth-order valence-electron chi connectivity index (χ4n) is 1.55. The lowest BCUT2D eigenvalue weighted by Crippen LogP contribution is -2.13. The van der Waals surface area contributed by atoms with E-state index in [1.165, 1.54) is 0 Å². The van der Waals surface area contributed by atoms with Crippen LogP contribution in [0.2, 0.25) is 10.0 Å². The van der Waals surface area contributed by atoms with E-state index in [0.717, 1.165) is 0 Å². The predicted octanol–water partition coefficient (Wildman–Crippen LogP) is 2.86. The summed E-state index contributed by atoms with van der Waals surface area (Å²) in [4.78, 5) is 25.1. The van der Waals surface area contributed by atoms with Crippen molar-refractivity contribution in [1.82, 2.24) is 4.98 Å². The highest BCUT2D eigenvalue weighted by atomic mass is 35.5. The average molecular weight is 356 g/mol. The van der Waals surface area contributed by atoms with Crippen LogP contribution in [0.15, 0.2) is 36.5 Å². The number of carbonyl (C=O) groups excluding carboxylic acids is 2. The molecule has 122 valence electrons. The Hall–Kier alpha value is -2.15. The maximum Gasteiger partial charge on any atom is 0.258 e. The van der Waals surface area contributed by atoms with Gasteiger partial charge in [0.15, 0.2) is 0 Å². The van der Waals surface area contributed by atoms with Crippen molar-refractivity contribution in [1.29, 1.82) is 0 Å². The molecule has 0 bridgehead atoms. The fourth-order valence-corrected chi connectivity index (χ4v) is 2.12. The van der Waals surface area contributed by atoms with E-state index in [1.54, 1.807) is 43.6 Å². The molecule has 23 heavy (non-hydrogen) atoms. The number of halogens is 2. The summed E-state index contributed by atoms with van der Waals surface area (Å²) in [5.41, 5.74) is 0.869. The Morgan fingerprint density at radius 2 is 1.91 bits per heavy atom. The van der Waals surface area contributed by atoms with Gasteiger partial charge in [-0.1, -0.05) is 29.3 Å². The van der Waals surface area contributed by atoms with Crippen molar-refractivity contribution in [2.45, 2.75) is 0 Å². The molecule has 0 aliphatic heterocycles. The number of aldehydes is 1. The SMILES string of the molecule is CNc1cc(NC(=O)c2c(Cl)cccc2Cl)ccn1.O=CCO. The number of nitrogens with one attached hydrogen (secondary N) is 2. The van der Waals surface area contributed by atoms with Gasteiger partial charge in [0, 0.05) is 25.0 Å². The number of amides is 1. The number of aliphatic hydroxyl groups excluding tert-OH is 1. The number of benzene rings is 1. The van der Waals surface area contributed by atoms with Crippen LogP contribution in [-0.2, 0) is 4.79 Å². The van der Waals surface area contributed by atoms with Gasteiger partial charge in [-0.15, -0.1) is 0 Å². The topological polar surface area (TPSA) is 91.3 Å². The highest BCUT2D eigenvalue weighted by Crippen LogP contribution is 2.25. The maximum absolute atomic E-state index is 12.1. The molecule has 2 aromatic rings. The molecule has 0 saturated carbocycles. The molecule has 0 fully saturated rings. The standard InChI is InChI=1S/C13H11Cl2N3O.C2H4O2/c1-16-11-7-8(5-6-17-11)18-13(19)12-9(14)3-2-4-10(12)15;3-1-2-4/h2-7H,1H3,(H2,16,17,18,19);1,4H,2H2. The first-order valence-corrected chi connectivity index (χ1v) is 7.22. The second-order valence-corrected chi connectivity index (χ2v) is 4.89. The molecular weight excluding hydrogens is 341 g/mol. The first-order valence-electron chi connectivity index (χ1n) is 6.47. The third-order valence-corrected chi connectivity index (χ3v) is 3.17. The Kier molecular flexibility index (Phi) is 8.04. The molecule has 0 saturated heterocycles. The highest BCUT2D eigenvalue weighted by molar-refractivity contribution is 6.40. The van der Waals surface area contributed by atoms with Crippen molar-refractivity contribution in [3.63, 3.8) is 0 Å². The van der Waals surface area contributed by atoms with E-state index >= 15 is 0 Å². The van der Waals surface area contributed by atoms with E-state index in [9.17, 15) is 4.79 Å². The van der Waals surface area contributed by atoms with Crippen molar-refractivity contribution in [2.24, 2.45) is 0 Å². The van der Waals surface area contributed by atoms with Crippen LogP contribution in [0.3, 0.4) is 0 Å². The number of carbonyl (C=O) groups is 2. The van der Waals surface area contributed by atoms with E-state index in [2.05, 4.69) is 15.6 Å². The largest absolute Gasteiger partial charge is 0.389 e. The predicted molar refractivity (Wildman–Crippen MR) is 91.3 cm³/mol. The monoisotopic (exact) mass is 355 g/mol. The van der Waals surface area contributed by atoms with E-state index in [-0.39, 0.29) is 18.1 Å². The fraction of sp³-hybridized carbons (Fsp3) is 0.133. The first-order chi connectivity index (χ1) is 11.0. The van der Waals surface area contributed by atoms with Gasteiger partial charge in [-0.05, 0) is 18.2 Å². The normalized spacial score (nSPS) is 9.39. The third kappa shape index (κ3) is 5.86. The smallest absolute Gasteiger partial charge is 0.258 e. The summed E-state index contributed by atoms with van der Waals surface area (Å²) < 4.78 is 0. The summed E-state index contributed by atoms with van der Waals surface area (Å²) >= 11 is 12.0. The van der Waals surface area contributed by atoms with Crippen LogP contribution in [-0.4, -0.2) is 35.9 Å². The van der Waals surface area contributed by atoms with Crippen LogP contribution in [0.4, 0.5) is 11.5 Å². The summed E-state index contributed by atoms with van der Waals surface area (Å²) in [7, 11) is 1.75. The van der Waals surface area contributed by atoms with Crippen molar-refractivity contribution >= 4 is 46.9 Å². The number of aliphatic hydroxyl groups is 1. The Balaban J connectivity index is 0.000000593. The van der Waals surface area contributed by atoms with Crippen LogP contribution in [0.25, 0.3) is 0 Å². The number of hydrogen-bond acceptors (Lipinski definition) is 5. The van der Waals surface area contributed by atoms with Crippen molar-refractivity contribution in [2.75, 3.05) is 24.3 Å². The van der Waals surface area contributed by atoms with Gasteiger partial charge in [-0.2, -0.15) is 0 Å². The average Bonchev–Trinajstić information content (AvgIpc) is 2.55. The molecule has 0 spiro atoms. The van der Waals surface area contributed by atoms with Gasteiger partial charge in [0.05, 0.1) is 22.2 Å². The number of hydrogen-bond donors (Lipinski definition) is 3. The van der Waals surface area contributed by atoms with Gasteiger partial charge in [-0.3, -0.25) is 4.79 Å². The first kappa shape index (κ1) is 18.9. The number of anilines is 2. The zero-order valence-electron chi connectivity index (χ0n) is 12.2. The van der Waals surface area contributed by atoms with Gasteiger partial charge in [-0.25, -0.2) is 4.98 Å². The molecule has 1 heterocycles. The lowest BCUT2D eigenvalue weighted by molar-refractivity contribution is -0.110. The number of pyridine rings is 1. The Morgan fingerprint density at radius 3 is 2.43 bits per heavy atom. The molecule has 0 radical (unpaired) electrons. The van der Waals surface area contributed by atoms with Crippen molar-refractivity contribution < 1.29 is 14.7 Å². The second-order valence-electron chi connectivity index (χ2n) is 4.08. The molecule has 2 rings (SSSR count). The van der Waals surface area contributed by atoms with Gasteiger partial charge >= 0.3 is 0 Å². The molecule has 8 heteroatoms. The zero-order chi connectivity index (χ0) is 17.2. The molecule has 1 aromatic heterocycles. The molecular formula is C15H15Cl2N3O3. The summed E-state index contributed by atoms with van der Waals surface area (Å²) in [5, 5.41) is 13.7.